The average molecular weight is 428 g/mol. The molecule has 0 radical (unpaired) electrons. The van der Waals surface area contributed by atoms with Crippen molar-refractivity contribution in [2.24, 2.45) is 0 Å². The van der Waals surface area contributed by atoms with Gasteiger partial charge in [-0.25, -0.2) is 0 Å². The number of hydrogen-bond acceptors (Lipinski definition) is 6. The van der Waals surface area contributed by atoms with E-state index in [1.165, 1.54) is 4.88 Å². The fourth-order valence-electron chi connectivity index (χ4n) is 3.16. The van der Waals surface area contributed by atoms with Gasteiger partial charge in [-0.3, -0.25) is 9.59 Å². The maximum absolute atomic E-state index is 12.6. The summed E-state index contributed by atoms with van der Waals surface area (Å²) >= 11 is 1.68. The lowest BCUT2D eigenvalue weighted by atomic mass is 10.1. The molecule has 0 aliphatic carbocycles. The van der Waals surface area contributed by atoms with E-state index in [-0.39, 0.29) is 25.4 Å². The van der Waals surface area contributed by atoms with Crippen LogP contribution in [0.15, 0.2) is 47.8 Å². The monoisotopic (exact) mass is 427 g/mol. The summed E-state index contributed by atoms with van der Waals surface area (Å²) in [5.74, 6) is 0.464. The molecular formula is C23H25NO5S. The fraction of sp³-hybridized carbons (Fsp3) is 0.304. The van der Waals surface area contributed by atoms with Crippen LogP contribution in [0.1, 0.15) is 33.0 Å². The van der Waals surface area contributed by atoms with Crippen molar-refractivity contribution in [2.45, 2.75) is 26.8 Å². The molecule has 0 aliphatic rings. The molecule has 0 amide bonds. The zero-order valence-corrected chi connectivity index (χ0v) is 18.2. The summed E-state index contributed by atoms with van der Waals surface area (Å²) in [7, 11) is 1.56. The number of hydrogen-bond donors (Lipinski definition) is 0. The zero-order chi connectivity index (χ0) is 21.5. The molecule has 6 nitrogen and oxygen atoms in total. The first-order valence-corrected chi connectivity index (χ1v) is 10.5. The third kappa shape index (κ3) is 5.30. The number of ether oxygens (including phenoxy) is 3. The van der Waals surface area contributed by atoms with Crippen LogP contribution >= 0.6 is 11.3 Å². The Hall–Kier alpha value is -3.06. The standard InChI is InChI=1S/C23H25NO5S/c1-16-13-19(17(2)24(16)14-18-7-6-12-30-18)20(25)15-29-23(26)10-11-28-22-9-5-4-8-21(22)27-3/h4-9,12-13H,10-11,14-15H2,1-3H3. The number of nitrogens with zero attached hydrogens (tertiary/aromatic N) is 1. The predicted octanol–water partition coefficient (Wildman–Crippen LogP) is 4.42. The SMILES string of the molecule is COc1ccccc1OCCC(=O)OCC(=O)c1cc(C)n(Cc2cccs2)c1C. The van der Waals surface area contributed by atoms with Crippen LogP contribution in [0, 0.1) is 13.8 Å². The number of thiophene rings is 1. The minimum atomic E-state index is -0.481. The van der Waals surface area contributed by atoms with E-state index in [0.29, 0.717) is 17.1 Å². The first-order valence-electron chi connectivity index (χ1n) is 9.63. The van der Waals surface area contributed by atoms with E-state index >= 15 is 0 Å². The van der Waals surface area contributed by atoms with Gasteiger partial charge >= 0.3 is 5.97 Å². The third-order valence-electron chi connectivity index (χ3n) is 4.77. The molecule has 3 rings (SSSR count). The van der Waals surface area contributed by atoms with Crippen molar-refractivity contribution in [3.8, 4) is 11.5 Å². The number of ketones is 1. The summed E-state index contributed by atoms with van der Waals surface area (Å²) in [6.07, 6.45) is 0.0444. The summed E-state index contributed by atoms with van der Waals surface area (Å²) in [5, 5.41) is 2.03. The molecule has 3 aromatic rings. The van der Waals surface area contributed by atoms with Crippen LogP contribution in [0.25, 0.3) is 0 Å². The van der Waals surface area contributed by atoms with Crippen LogP contribution in [-0.4, -0.2) is 36.6 Å². The second kappa shape index (κ2) is 10.1. The van der Waals surface area contributed by atoms with Gasteiger partial charge in [-0.1, -0.05) is 18.2 Å². The highest BCUT2D eigenvalue weighted by Gasteiger charge is 2.18. The summed E-state index contributed by atoms with van der Waals surface area (Å²) in [4.78, 5) is 25.8. The van der Waals surface area contributed by atoms with Crippen molar-refractivity contribution in [1.29, 1.82) is 0 Å². The molecule has 0 spiro atoms. The van der Waals surface area contributed by atoms with Gasteiger partial charge in [0.25, 0.3) is 0 Å². The van der Waals surface area contributed by atoms with E-state index < -0.39 is 5.97 Å². The number of benzene rings is 1. The Kier molecular flexibility index (Phi) is 7.30. The van der Waals surface area contributed by atoms with Gasteiger partial charge < -0.3 is 18.8 Å². The van der Waals surface area contributed by atoms with E-state index in [9.17, 15) is 9.59 Å². The van der Waals surface area contributed by atoms with Gasteiger partial charge in [0.15, 0.2) is 18.1 Å². The van der Waals surface area contributed by atoms with Crippen molar-refractivity contribution in [3.63, 3.8) is 0 Å². The Morgan fingerprint density at radius 2 is 1.83 bits per heavy atom. The molecule has 0 bridgehead atoms. The number of methoxy groups -OCH3 is 1. The minimum absolute atomic E-state index is 0.0444. The van der Waals surface area contributed by atoms with Crippen LogP contribution in [0.5, 0.6) is 11.5 Å². The van der Waals surface area contributed by atoms with Gasteiger partial charge in [-0.05, 0) is 43.5 Å². The molecule has 0 fully saturated rings. The van der Waals surface area contributed by atoms with Gasteiger partial charge in [0.2, 0.25) is 5.78 Å². The molecule has 0 aliphatic heterocycles. The number of esters is 1. The molecule has 0 atom stereocenters. The van der Waals surface area contributed by atoms with Crippen LogP contribution < -0.4 is 9.47 Å². The van der Waals surface area contributed by atoms with Crippen molar-refractivity contribution in [1.82, 2.24) is 4.57 Å². The Bertz CT molecular complexity index is 1010. The van der Waals surface area contributed by atoms with Crippen LogP contribution in [0.3, 0.4) is 0 Å². The lowest BCUT2D eigenvalue weighted by Gasteiger charge is -2.10. The van der Waals surface area contributed by atoms with Gasteiger partial charge in [0.1, 0.15) is 0 Å². The number of aromatic nitrogens is 1. The molecular weight excluding hydrogens is 402 g/mol. The summed E-state index contributed by atoms with van der Waals surface area (Å²) < 4.78 is 18.0. The molecule has 30 heavy (non-hydrogen) atoms. The third-order valence-corrected chi connectivity index (χ3v) is 5.63. The number of Topliss-reactive ketones (excluding diaryl/α,β-unsaturated/α-hetero) is 1. The highest BCUT2D eigenvalue weighted by atomic mass is 32.1. The second-order valence-electron chi connectivity index (χ2n) is 6.78. The topological polar surface area (TPSA) is 66.8 Å². The molecule has 2 aromatic heterocycles. The van der Waals surface area contributed by atoms with Crippen molar-refractivity contribution < 1.29 is 23.8 Å². The second-order valence-corrected chi connectivity index (χ2v) is 7.82. The zero-order valence-electron chi connectivity index (χ0n) is 17.3. The normalized spacial score (nSPS) is 10.6. The molecule has 0 unspecified atom stereocenters. The van der Waals surface area contributed by atoms with Gasteiger partial charge in [0.05, 0.1) is 26.7 Å². The summed E-state index contributed by atoms with van der Waals surface area (Å²) in [6.45, 7) is 4.47. The maximum atomic E-state index is 12.6. The Morgan fingerprint density at radius 1 is 1.07 bits per heavy atom. The molecule has 0 saturated carbocycles. The van der Waals surface area contributed by atoms with Crippen LogP contribution in [0.4, 0.5) is 0 Å². The highest BCUT2D eigenvalue weighted by molar-refractivity contribution is 7.09. The Morgan fingerprint density at radius 3 is 2.53 bits per heavy atom. The minimum Gasteiger partial charge on any atom is -0.493 e. The fourth-order valence-corrected chi connectivity index (χ4v) is 3.86. The smallest absolute Gasteiger partial charge is 0.309 e. The Labute approximate surface area is 180 Å². The molecule has 158 valence electrons. The van der Waals surface area contributed by atoms with Crippen molar-refractivity contribution in [3.05, 3.63) is 69.7 Å². The van der Waals surface area contributed by atoms with E-state index in [2.05, 4.69) is 10.6 Å². The lowest BCUT2D eigenvalue weighted by molar-refractivity contribution is -0.143. The summed E-state index contributed by atoms with van der Waals surface area (Å²) in [6, 6.07) is 13.1. The van der Waals surface area contributed by atoms with Crippen molar-refractivity contribution >= 4 is 23.1 Å². The number of carbonyl (C=O) groups excluding carboxylic acids is 2. The lowest BCUT2D eigenvalue weighted by Crippen LogP contribution is -2.16. The van der Waals surface area contributed by atoms with E-state index in [1.54, 1.807) is 30.6 Å². The first-order chi connectivity index (χ1) is 14.5. The number of aryl methyl sites for hydroxylation is 1. The predicted molar refractivity (Wildman–Crippen MR) is 116 cm³/mol. The largest absolute Gasteiger partial charge is 0.493 e. The molecule has 0 N–H and O–H groups in total. The quantitative estimate of drug-likeness (QED) is 0.354. The van der Waals surface area contributed by atoms with E-state index in [1.807, 2.05) is 43.5 Å². The van der Waals surface area contributed by atoms with Crippen molar-refractivity contribution in [2.75, 3.05) is 20.3 Å². The van der Waals surface area contributed by atoms with Gasteiger partial charge in [0, 0.05) is 21.8 Å². The molecule has 7 heteroatoms. The van der Waals surface area contributed by atoms with E-state index in [0.717, 1.165) is 17.9 Å². The number of rotatable bonds is 10. The molecule has 2 heterocycles. The van der Waals surface area contributed by atoms with Gasteiger partial charge in [-0.2, -0.15) is 0 Å². The summed E-state index contributed by atoms with van der Waals surface area (Å²) in [5.41, 5.74) is 2.46. The number of para-hydroxylation sites is 2. The first kappa shape index (κ1) is 21.6. The molecule has 0 saturated heterocycles. The van der Waals surface area contributed by atoms with Crippen LogP contribution in [-0.2, 0) is 16.1 Å². The molecule has 1 aromatic carbocycles. The van der Waals surface area contributed by atoms with Gasteiger partial charge in [-0.15, -0.1) is 11.3 Å². The number of carbonyl (C=O) groups is 2. The Balaban J connectivity index is 1.50. The highest BCUT2D eigenvalue weighted by Crippen LogP contribution is 2.25. The van der Waals surface area contributed by atoms with E-state index in [4.69, 9.17) is 14.2 Å². The maximum Gasteiger partial charge on any atom is 0.309 e. The van der Waals surface area contributed by atoms with Crippen LogP contribution in [0.2, 0.25) is 0 Å². The average Bonchev–Trinajstić information content (AvgIpc) is 3.36.